The fourth-order valence-electron chi connectivity index (χ4n) is 13.8. The molecule has 4 aliphatic heterocycles. The molecule has 3 saturated heterocycles. The number of pyridine rings is 1. The van der Waals surface area contributed by atoms with Crippen LogP contribution in [0.4, 0.5) is 17.1 Å². The molecule has 4 amide bonds. The summed E-state index contributed by atoms with van der Waals surface area (Å²) in [5, 5.41) is 29.1. The summed E-state index contributed by atoms with van der Waals surface area (Å²) < 4.78 is 37.6. The number of carbonyl (C=O) groups is 4. The van der Waals surface area contributed by atoms with Crippen LogP contribution in [-0.2, 0) is 32.7 Å². The van der Waals surface area contributed by atoms with Gasteiger partial charge in [0.25, 0.3) is 21.8 Å². The Bertz CT molecular complexity index is 3810. The van der Waals surface area contributed by atoms with Gasteiger partial charge in [-0.05, 0) is 153 Å². The van der Waals surface area contributed by atoms with Gasteiger partial charge in [-0.25, -0.2) is 23.3 Å². The molecular weight excluding hydrogens is 1230 g/mol. The number of piperidine rings is 1. The molecule has 6 heterocycles. The highest BCUT2D eigenvalue weighted by molar-refractivity contribution is 9.10. The largest absolute Gasteiger partial charge is 0.595 e. The van der Waals surface area contributed by atoms with Crippen LogP contribution in [0.15, 0.2) is 112 Å². The summed E-state index contributed by atoms with van der Waals surface area (Å²) >= 11 is 9.99. The standard InChI is InChI=1S/C65H75BrClN11O9S/c1-40-36-76(27-26-75(40)37-42-28-52-54(55(66)29-42)39-77(64(52)82)57-16-17-60(79)71-63(57)81)47-10-4-41(5-11-47)34-69-56-15-13-50(32-58(56)78(83)84)88(85,86)72-62(80)51-14-12-48(31-59(51)87-49-30-44-19-21-68-61(44)70-35-49)74-24-22-73(23-25-74)38-45-18-20-65(2,3)33-53(45)43-6-8-46(67)9-7-43/h6-9,12-15,19,21,28-32,35,40-41,47,57,69,78,83H,4-5,10-11,16-18,20,22-27,33-34,36-39H2,1-3H3,(H,68,70)(H,72,80)(H,71,79,81)/t40-,41-,47-,57?/m0/s1. The van der Waals surface area contributed by atoms with E-state index in [0.717, 1.165) is 122 Å². The highest BCUT2D eigenvalue weighted by atomic mass is 79.9. The van der Waals surface area contributed by atoms with Crippen LogP contribution in [0.25, 0.3) is 16.6 Å². The Balaban J connectivity index is 0.653. The number of nitrogens with zero attached hydrogens (tertiary/aromatic N) is 6. The third-order valence-corrected chi connectivity index (χ3v) is 21.1. The minimum Gasteiger partial charge on any atom is -0.595 e. The molecular formula is C65H75BrClN11O9S. The number of sulfonamides is 1. The third kappa shape index (κ3) is 13.6. The first-order valence-corrected chi connectivity index (χ1v) is 33.2. The Hall–Kier alpha value is -6.73. The van der Waals surface area contributed by atoms with Crippen molar-refractivity contribution in [3.05, 3.63) is 145 Å². The quantitative estimate of drug-likeness (QED) is 0.0369. The number of benzene rings is 4. The van der Waals surface area contributed by atoms with Crippen LogP contribution in [0, 0.1) is 16.5 Å². The van der Waals surface area contributed by atoms with Crippen LogP contribution in [0.2, 0.25) is 5.02 Å². The number of aromatic amines is 1. The van der Waals surface area contributed by atoms with Gasteiger partial charge in [0.05, 0.1) is 22.3 Å². The second kappa shape index (κ2) is 25.6. The van der Waals surface area contributed by atoms with E-state index in [4.69, 9.17) is 16.3 Å². The smallest absolute Gasteiger partial charge is 0.268 e. The van der Waals surface area contributed by atoms with Crippen molar-refractivity contribution < 1.29 is 42.8 Å². The molecule has 0 bridgehead atoms. The second-order valence-corrected chi connectivity index (χ2v) is 28.4. The first-order chi connectivity index (χ1) is 42.2. The van der Waals surface area contributed by atoms with Crippen LogP contribution >= 0.6 is 27.5 Å². The van der Waals surface area contributed by atoms with Crippen molar-refractivity contribution in [3.8, 4) is 11.5 Å². The lowest BCUT2D eigenvalue weighted by Crippen LogP contribution is -2.99. The molecule has 2 aromatic heterocycles. The molecule has 4 aromatic carbocycles. The van der Waals surface area contributed by atoms with Gasteiger partial charge in [-0.2, -0.15) is 5.23 Å². The fraction of sp³-hybridized carbons (Fsp3) is 0.431. The van der Waals surface area contributed by atoms with Crippen LogP contribution in [0.1, 0.15) is 116 Å². The van der Waals surface area contributed by atoms with Crippen LogP contribution in [0.3, 0.4) is 0 Å². The summed E-state index contributed by atoms with van der Waals surface area (Å²) in [6.45, 7) is 15.0. The Morgan fingerprint density at radius 2 is 1.70 bits per heavy atom. The van der Waals surface area contributed by atoms with E-state index in [1.165, 1.54) is 35.0 Å². The van der Waals surface area contributed by atoms with Crippen molar-refractivity contribution in [1.82, 2.24) is 39.6 Å². The number of rotatable bonds is 17. The molecule has 464 valence electrons. The predicted octanol–water partition coefficient (Wildman–Crippen LogP) is 9.02. The Morgan fingerprint density at radius 3 is 2.45 bits per heavy atom. The maximum Gasteiger partial charge on any atom is 0.268 e. The number of aromatic nitrogens is 2. The molecule has 6 N–H and O–H groups in total. The molecule has 6 aromatic rings. The summed E-state index contributed by atoms with van der Waals surface area (Å²) in [6.07, 6.45) is 10.8. The van der Waals surface area contributed by atoms with Crippen molar-refractivity contribution >= 4 is 94.9 Å². The molecule has 20 nitrogen and oxygen atoms in total. The van der Waals surface area contributed by atoms with E-state index < -0.39 is 33.1 Å². The topological polar surface area (TPSA) is 240 Å². The van der Waals surface area contributed by atoms with Gasteiger partial charge in [-0.3, -0.25) is 39.2 Å². The normalized spacial score (nSPS) is 22.6. The molecule has 3 atom stereocenters. The van der Waals surface area contributed by atoms with E-state index in [0.29, 0.717) is 62.1 Å². The molecule has 4 fully saturated rings. The van der Waals surface area contributed by atoms with E-state index >= 15 is 0 Å². The van der Waals surface area contributed by atoms with Crippen molar-refractivity contribution in [2.45, 2.75) is 115 Å². The molecule has 6 aliphatic rings. The fourth-order valence-corrected chi connectivity index (χ4v) is 15.5. The SMILES string of the molecule is C[C@H]1CN([C@H]2CC[C@H](CNc3ccc(S(=O)(=O)NC(=O)c4ccc(N5CCN(CC6=C(c7ccc(Cl)cc7)CC(C)(C)CC6)CC5)cc4Oc4cnc5[nH]ccc5c4)cc3[NH+]([O-])O)CC2)CCN1Cc1cc(Br)c2c(c1)C(=O)N(C1CCC(=O)NC1=O)C2. The summed E-state index contributed by atoms with van der Waals surface area (Å²) in [4.78, 5) is 70.7. The minimum atomic E-state index is -4.59. The predicted molar refractivity (Wildman–Crippen MR) is 340 cm³/mol. The van der Waals surface area contributed by atoms with Gasteiger partial charge in [0.15, 0.2) is 5.69 Å². The number of nitrogens with one attached hydrogen (secondary N) is 5. The summed E-state index contributed by atoms with van der Waals surface area (Å²) in [6, 6.07) is 24.8. The summed E-state index contributed by atoms with van der Waals surface area (Å²) in [5.41, 5.74) is 8.25. The van der Waals surface area contributed by atoms with Crippen LogP contribution in [-0.4, -0.2) is 144 Å². The van der Waals surface area contributed by atoms with E-state index in [1.807, 2.05) is 24.3 Å². The lowest BCUT2D eigenvalue weighted by atomic mass is 9.72. The summed E-state index contributed by atoms with van der Waals surface area (Å²) in [7, 11) is -4.59. The molecule has 0 radical (unpaired) electrons. The van der Waals surface area contributed by atoms with Crippen LogP contribution in [0.5, 0.6) is 11.5 Å². The van der Waals surface area contributed by atoms with E-state index in [9.17, 15) is 38.0 Å². The van der Waals surface area contributed by atoms with E-state index in [2.05, 4.69) is 99.8 Å². The average molecular weight is 1300 g/mol. The van der Waals surface area contributed by atoms with Gasteiger partial charge in [0, 0.05) is 135 Å². The van der Waals surface area contributed by atoms with Crippen molar-refractivity contribution in [3.63, 3.8) is 0 Å². The molecule has 2 aliphatic carbocycles. The highest BCUT2D eigenvalue weighted by Crippen LogP contribution is 2.44. The first kappa shape index (κ1) is 61.5. The van der Waals surface area contributed by atoms with Crippen molar-refractivity contribution in [1.29, 1.82) is 0 Å². The van der Waals surface area contributed by atoms with Gasteiger partial charge in [0.1, 0.15) is 23.2 Å². The van der Waals surface area contributed by atoms with Crippen LogP contribution < -0.4 is 30.2 Å². The molecule has 88 heavy (non-hydrogen) atoms. The Morgan fingerprint density at radius 1 is 0.920 bits per heavy atom. The minimum absolute atomic E-state index is 0.0342. The lowest BCUT2D eigenvalue weighted by Gasteiger charge is -2.45. The average Bonchev–Trinajstić information content (AvgIpc) is 2.41. The third-order valence-electron chi connectivity index (χ3n) is 18.9. The number of hydrogen-bond donors (Lipinski definition) is 6. The number of piperazine rings is 2. The first-order valence-electron chi connectivity index (χ1n) is 30.5. The Labute approximate surface area is 526 Å². The number of imide groups is 1. The van der Waals surface area contributed by atoms with Crippen molar-refractivity contribution in [2.75, 3.05) is 69.1 Å². The highest BCUT2D eigenvalue weighted by Gasteiger charge is 2.41. The van der Waals surface area contributed by atoms with E-state index in [-0.39, 0.29) is 63.2 Å². The maximum atomic E-state index is 14.2. The number of halogens is 2. The zero-order valence-corrected chi connectivity index (χ0v) is 52.9. The molecule has 23 heteroatoms. The number of amides is 4. The number of allylic oxidation sites excluding steroid dienone is 1. The maximum absolute atomic E-state index is 14.2. The van der Waals surface area contributed by atoms with E-state index in [1.54, 1.807) is 35.4 Å². The molecule has 0 spiro atoms. The molecule has 1 saturated carbocycles. The van der Waals surface area contributed by atoms with Gasteiger partial charge < -0.3 is 30.0 Å². The van der Waals surface area contributed by atoms with Gasteiger partial charge in [-0.1, -0.05) is 59.1 Å². The zero-order chi connectivity index (χ0) is 61.6. The lowest BCUT2D eigenvalue weighted by molar-refractivity contribution is -0.990. The number of anilines is 2. The summed E-state index contributed by atoms with van der Waals surface area (Å²) in [5.74, 6) is -1.13. The van der Waals surface area contributed by atoms with Gasteiger partial charge in [-0.15, -0.1) is 0 Å². The van der Waals surface area contributed by atoms with Gasteiger partial charge >= 0.3 is 0 Å². The number of H-pyrrole nitrogens is 1. The van der Waals surface area contributed by atoms with Gasteiger partial charge in [0.2, 0.25) is 11.8 Å². The monoisotopic (exact) mass is 1300 g/mol. The number of hydrogen-bond acceptors (Lipinski definition) is 15. The number of fused-ring (bicyclic) bond motifs is 2. The zero-order valence-electron chi connectivity index (χ0n) is 49.7. The second-order valence-electron chi connectivity index (χ2n) is 25.4. The molecule has 2 unspecified atom stereocenters. The molecule has 12 rings (SSSR count). The Kier molecular flexibility index (Phi) is 17.9. The number of carbonyl (C=O) groups excluding carboxylic acids is 4. The van der Waals surface area contributed by atoms with Crippen molar-refractivity contribution in [2.24, 2.45) is 11.3 Å². The number of quaternary nitrogens is 1. The number of ether oxygens (including phenoxy) is 1.